The third kappa shape index (κ3) is 5.62. The summed E-state index contributed by atoms with van der Waals surface area (Å²) in [5.74, 6) is 1.05. The quantitative estimate of drug-likeness (QED) is 0.398. The van der Waals surface area contributed by atoms with Crippen LogP contribution in [0.4, 0.5) is 0 Å². The topological polar surface area (TPSA) is 73.4 Å². The van der Waals surface area contributed by atoms with Gasteiger partial charge in [0, 0.05) is 20.0 Å². The summed E-state index contributed by atoms with van der Waals surface area (Å²) in [5, 5.41) is 14.6. The van der Waals surface area contributed by atoms with Crippen molar-refractivity contribution in [3.8, 4) is 0 Å². The lowest BCUT2D eigenvalue weighted by atomic mass is 10.5. The first-order valence-electron chi connectivity index (χ1n) is 4.87. The second kappa shape index (κ2) is 7.34. The molecule has 0 radical (unpaired) electrons. The van der Waals surface area contributed by atoms with Crippen LogP contribution < -0.4 is 16.1 Å². The fraction of sp³-hybridized carbons (Fsp3) is 0.875. The highest BCUT2D eigenvalue weighted by molar-refractivity contribution is 8.17. The molecule has 7 heteroatoms. The Morgan fingerprint density at radius 2 is 2.53 bits per heavy atom. The highest BCUT2D eigenvalue weighted by Gasteiger charge is 2.23. The average Bonchev–Trinajstić information content (AvgIpc) is 2.65. The van der Waals surface area contributed by atoms with E-state index in [9.17, 15) is 4.79 Å². The summed E-state index contributed by atoms with van der Waals surface area (Å²) in [7, 11) is 0. The molecule has 1 heterocycles. The molecular formula is C8H17N3O2S2. The highest BCUT2D eigenvalue weighted by atomic mass is 32.2. The monoisotopic (exact) mass is 251 g/mol. The molecule has 0 aromatic carbocycles. The lowest BCUT2D eigenvalue weighted by Gasteiger charge is -2.08. The number of amides is 1. The molecule has 1 fully saturated rings. The summed E-state index contributed by atoms with van der Waals surface area (Å²) in [6.07, 6.45) is 0.985. The zero-order chi connectivity index (χ0) is 11.1. The molecular weight excluding hydrogens is 234 g/mol. The largest absolute Gasteiger partial charge is 0.356 e. The third-order valence-electron chi connectivity index (χ3n) is 1.87. The SMILES string of the molecule is CC(=O)NCCCSC1CNC(NO)S1. The number of hydrogen-bond donors (Lipinski definition) is 4. The molecule has 0 aromatic rings. The third-order valence-corrected chi connectivity index (χ3v) is 4.69. The minimum atomic E-state index is -0.0437. The average molecular weight is 251 g/mol. The van der Waals surface area contributed by atoms with E-state index in [2.05, 4.69) is 16.1 Å². The van der Waals surface area contributed by atoms with Gasteiger partial charge in [0.25, 0.3) is 0 Å². The molecule has 4 N–H and O–H groups in total. The molecule has 1 rings (SSSR count). The maximum Gasteiger partial charge on any atom is 0.216 e. The van der Waals surface area contributed by atoms with E-state index in [0.29, 0.717) is 4.58 Å². The normalized spacial score (nSPS) is 25.5. The standard InChI is InChI=1S/C8H17N3O2S2/c1-6(12)9-3-2-4-14-7-5-10-8(11-13)15-7/h7-8,10-11,13H,2-5H2,1H3,(H,9,12). The van der Waals surface area contributed by atoms with Gasteiger partial charge in [-0.2, -0.15) is 5.48 Å². The van der Waals surface area contributed by atoms with Gasteiger partial charge in [-0.15, -0.1) is 23.5 Å². The number of carbonyl (C=O) groups is 1. The molecule has 0 spiro atoms. The van der Waals surface area contributed by atoms with Gasteiger partial charge in [-0.1, -0.05) is 0 Å². The molecule has 0 bridgehead atoms. The molecule has 5 nitrogen and oxygen atoms in total. The summed E-state index contributed by atoms with van der Waals surface area (Å²) < 4.78 is 0.479. The van der Waals surface area contributed by atoms with E-state index < -0.39 is 0 Å². The number of hydroxylamine groups is 1. The second-order valence-electron chi connectivity index (χ2n) is 3.19. The molecule has 2 atom stereocenters. The molecule has 15 heavy (non-hydrogen) atoms. The molecule has 2 unspecified atom stereocenters. The van der Waals surface area contributed by atoms with Gasteiger partial charge in [-0.05, 0) is 12.2 Å². The van der Waals surface area contributed by atoms with Crippen LogP contribution in [0.15, 0.2) is 0 Å². The first-order valence-corrected chi connectivity index (χ1v) is 6.86. The smallest absolute Gasteiger partial charge is 0.216 e. The number of hydrogen-bond acceptors (Lipinski definition) is 6. The zero-order valence-electron chi connectivity index (χ0n) is 8.66. The Bertz CT molecular complexity index is 206. The molecule has 0 saturated carbocycles. The maximum absolute atomic E-state index is 10.6. The van der Waals surface area contributed by atoms with Gasteiger partial charge in [0.15, 0.2) is 0 Å². The molecule has 1 saturated heterocycles. The van der Waals surface area contributed by atoms with Gasteiger partial charge in [0.2, 0.25) is 5.91 Å². The van der Waals surface area contributed by atoms with Gasteiger partial charge in [0.05, 0.1) is 4.58 Å². The second-order valence-corrected chi connectivity index (χ2v) is 6.11. The minimum Gasteiger partial charge on any atom is -0.356 e. The van der Waals surface area contributed by atoms with E-state index in [0.717, 1.165) is 25.3 Å². The van der Waals surface area contributed by atoms with Crippen molar-refractivity contribution in [2.24, 2.45) is 0 Å². The van der Waals surface area contributed by atoms with Crippen LogP contribution in [0, 0.1) is 0 Å². The summed E-state index contributed by atoms with van der Waals surface area (Å²) in [6, 6.07) is 0. The highest BCUT2D eigenvalue weighted by Crippen LogP contribution is 2.29. The zero-order valence-corrected chi connectivity index (χ0v) is 10.3. The van der Waals surface area contributed by atoms with Crippen LogP contribution in [0.25, 0.3) is 0 Å². The van der Waals surface area contributed by atoms with E-state index in [4.69, 9.17) is 5.21 Å². The Morgan fingerprint density at radius 1 is 1.73 bits per heavy atom. The molecule has 1 aliphatic heterocycles. The van der Waals surface area contributed by atoms with Crippen molar-refractivity contribution in [3.05, 3.63) is 0 Å². The van der Waals surface area contributed by atoms with E-state index >= 15 is 0 Å². The van der Waals surface area contributed by atoms with E-state index in [1.165, 1.54) is 6.92 Å². The molecule has 1 aliphatic rings. The fourth-order valence-electron chi connectivity index (χ4n) is 1.18. The molecule has 0 aliphatic carbocycles. The van der Waals surface area contributed by atoms with E-state index in [1.807, 2.05) is 11.8 Å². The van der Waals surface area contributed by atoms with Crippen LogP contribution in [0.1, 0.15) is 13.3 Å². The van der Waals surface area contributed by atoms with Gasteiger partial charge in [0.1, 0.15) is 5.50 Å². The molecule has 0 aromatic heterocycles. The van der Waals surface area contributed by atoms with Crippen molar-refractivity contribution in [2.45, 2.75) is 23.4 Å². The van der Waals surface area contributed by atoms with Crippen molar-refractivity contribution in [1.29, 1.82) is 0 Å². The van der Waals surface area contributed by atoms with Crippen LogP contribution in [-0.4, -0.2) is 40.0 Å². The van der Waals surface area contributed by atoms with Gasteiger partial charge in [-0.3, -0.25) is 10.1 Å². The number of rotatable bonds is 6. The minimum absolute atomic E-state index is 0.0291. The fourth-order valence-corrected chi connectivity index (χ4v) is 3.65. The van der Waals surface area contributed by atoms with Crippen molar-refractivity contribution in [2.75, 3.05) is 18.8 Å². The van der Waals surface area contributed by atoms with Crippen LogP contribution in [0.3, 0.4) is 0 Å². The Balaban J connectivity index is 1.94. The van der Waals surface area contributed by atoms with E-state index in [1.54, 1.807) is 11.8 Å². The Kier molecular flexibility index (Phi) is 6.42. The Morgan fingerprint density at radius 3 is 3.13 bits per heavy atom. The van der Waals surface area contributed by atoms with Crippen molar-refractivity contribution >= 4 is 29.4 Å². The predicted molar refractivity (Wildman–Crippen MR) is 63.9 cm³/mol. The summed E-state index contributed by atoms with van der Waals surface area (Å²) in [6.45, 7) is 3.17. The number of nitrogens with one attached hydrogen (secondary N) is 3. The summed E-state index contributed by atoms with van der Waals surface area (Å²) >= 11 is 3.53. The Labute approximate surface area is 98.1 Å². The van der Waals surface area contributed by atoms with Crippen molar-refractivity contribution < 1.29 is 10.0 Å². The molecule has 88 valence electrons. The predicted octanol–water partition coefficient (Wildman–Crippen LogP) is 0.171. The van der Waals surface area contributed by atoms with Crippen molar-refractivity contribution in [1.82, 2.24) is 16.1 Å². The van der Waals surface area contributed by atoms with Gasteiger partial charge >= 0.3 is 0 Å². The lowest BCUT2D eigenvalue weighted by Crippen LogP contribution is -2.32. The van der Waals surface area contributed by atoms with Crippen LogP contribution in [0.5, 0.6) is 0 Å². The number of carbonyl (C=O) groups excluding carboxylic acids is 1. The van der Waals surface area contributed by atoms with Crippen LogP contribution >= 0.6 is 23.5 Å². The van der Waals surface area contributed by atoms with Crippen LogP contribution in [-0.2, 0) is 4.79 Å². The number of thioether (sulfide) groups is 2. The Hall–Kier alpha value is 0.0500. The first kappa shape index (κ1) is 13.1. The van der Waals surface area contributed by atoms with Crippen molar-refractivity contribution in [3.63, 3.8) is 0 Å². The van der Waals surface area contributed by atoms with E-state index in [-0.39, 0.29) is 11.4 Å². The van der Waals surface area contributed by atoms with Gasteiger partial charge < -0.3 is 10.5 Å². The maximum atomic E-state index is 10.6. The summed E-state index contributed by atoms with van der Waals surface area (Å²) in [4.78, 5) is 10.6. The lowest BCUT2D eigenvalue weighted by molar-refractivity contribution is -0.118. The van der Waals surface area contributed by atoms with Crippen LogP contribution in [0.2, 0.25) is 0 Å². The van der Waals surface area contributed by atoms with Gasteiger partial charge in [-0.25, -0.2) is 0 Å². The molecule has 1 amide bonds. The summed E-state index contributed by atoms with van der Waals surface area (Å²) in [5.41, 5.74) is 2.15. The first-order chi connectivity index (χ1) is 7.22.